The van der Waals surface area contributed by atoms with Gasteiger partial charge in [0.05, 0.1) is 0 Å². The summed E-state index contributed by atoms with van der Waals surface area (Å²) in [5.74, 6) is 0.180. The van der Waals surface area contributed by atoms with Gasteiger partial charge in [-0.05, 0) is 6.07 Å². The van der Waals surface area contributed by atoms with Gasteiger partial charge in [0.15, 0.2) is 0 Å². The van der Waals surface area contributed by atoms with Gasteiger partial charge in [-0.25, -0.2) is 4.98 Å². The lowest BCUT2D eigenvalue weighted by atomic mass is 9.80. The van der Waals surface area contributed by atoms with Crippen LogP contribution in [0.1, 0.15) is 5.56 Å². The molecule has 0 radical (unpaired) electrons. The number of anilines is 1. The lowest BCUT2D eigenvalue weighted by molar-refractivity contribution is 0.425. The molecule has 0 saturated heterocycles. The second kappa shape index (κ2) is 4.58. The van der Waals surface area contributed by atoms with Crippen molar-refractivity contribution < 1.29 is 10.0 Å². The number of nitrogen functional groups attached to an aromatic ring is 1. The Labute approximate surface area is 86.9 Å². The molecular weight excluding hydrogens is 195 g/mol. The van der Waals surface area contributed by atoms with Crippen LogP contribution in [0, 0.1) is 5.41 Å². The van der Waals surface area contributed by atoms with E-state index in [4.69, 9.17) is 26.9 Å². The molecule has 0 amide bonds. The van der Waals surface area contributed by atoms with Crippen LogP contribution in [0.3, 0.4) is 0 Å². The zero-order valence-electron chi connectivity index (χ0n) is 7.88. The fraction of sp³-hybridized carbons (Fsp3) is 0. The highest BCUT2D eigenvalue weighted by atomic mass is 16.4. The Morgan fingerprint density at radius 1 is 1.53 bits per heavy atom. The van der Waals surface area contributed by atoms with E-state index in [1.807, 2.05) is 0 Å². The molecule has 7 heteroatoms. The van der Waals surface area contributed by atoms with Crippen LogP contribution in [0.2, 0.25) is 0 Å². The van der Waals surface area contributed by atoms with Crippen LogP contribution in [0.5, 0.6) is 0 Å². The molecule has 0 aliphatic heterocycles. The predicted molar refractivity (Wildman–Crippen MR) is 59.4 cm³/mol. The normalized spacial score (nSPS) is 11.2. The molecule has 0 atom stereocenters. The Hall–Kier alpha value is -1.86. The summed E-state index contributed by atoms with van der Waals surface area (Å²) in [5.41, 5.74) is 11.8. The maximum Gasteiger partial charge on any atom is 0.490 e. The highest BCUT2D eigenvalue weighted by molar-refractivity contribution is 6.58. The Morgan fingerprint density at radius 2 is 2.20 bits per heavy atom. The number of rotatable bonds is 3. The van der Waals surface area contributed by atoms with Crippen LogP contribution < -0.4 is 16.9 Å². The van der Waals surface area contributed by atoms with Crippen LogP contribution >= 0.6 is 0 Å². The zero-order valence-corrected chi connectivity index (χ0v) is 7.88. The first-order chi connectivity index (χ1) is 7.10. The first-order valence-electron chi connectivity index (χ1n) is 4.14. The van der Waals surface area contributed by atoms with Gasteiger partial charge in [-0.2, -0.15) is 0 Å². The molecule has 7 N–H and O–H groups in total. The summed E-state index contributed by atoms with van der Waals surface area (Å²) in [4.78, 5) is 3.78. The molecule has 1 aromatic rings. The van der Waals surface area contributed by atoms with E-state index in [9.17, 15) is 0 Å². The maximum atomic E-state index is 8.93. The highest BCUT2D eigenvalue weighted by Crippen LogP contribution is 2.15. The van der Waals surface area contributed by atoms with Crippen molar-refractivity contribution in [3.05, 3.63) is 24.0 Å². The molecule has 78 valence electrons. The molecule has 0 aromatic carbocycles. The fourth-order valence-electron chi connectivity index (χ4n) is 1.08. The van der Waals surface area contributed by atoms with E-state index in [-0.39, 0.29) is 11.3 Å². The van der Waals surface area contributed by atoms with Gasteiger partial charge in [-0.1, -0.05) is 0 Å². The molecule has 1 heterocycles. The Morgan fingerprint density at radius 3 is 2.67 bits per heavy atom. The van der Waals surface area contributed by atoms with E-state index in [1.54, 1.807) is 0 Å². The number of nitrogens with two attached hydrogens (primary N) is 2. The van der Waals surface area contributed by atoms with E-state index in [0.29, 0.717) is 11.1 Å². The summed E-state index contributed by atoms with van der Waals surface area (Å²) in [5, 5.41) is 25.0. The van der Waals surface area contributed by atoms with Gasteiger partial charge >= 0.3 is 7.12 Å². The number of hydrogen-bond donors (Lipinski definition) is 5. The summed E-state index contributed by atoms with van der Waals surface area (Å²) < 4.78 is 0. The van der Waals surface area contributed by atoms with Crippen LogP contribution in [-0.2, 0) is 0 Å². The van der Waals surface area contributed by atoms with Gasteiger partial charge in [0, 0.05) is 35.2 Å². The van der Waals surface area contributed by atoms with E-state index >= 15 is 0 Å². The second-order valence-corrected chi connectivity index (χ2v) is 2.84. The topological polar surface area (TPSA) is 129 Å². The minimum atomic E-state index is -1.62. The van der Waals surface area contributed by atoms with Crippen LogP contribution in [-0.4, -0.2) is 28.4 Å². The molecule has 0 fully saturated rings. The minimum Gasteiger partial charge on any atom is -0.423 e. The number of aromatic nitrogens is 1. The molecule has 1 aromatic heterocycles. The van der Waals surface area contributed by atoms with Crippen molar-refractivity contribution >= 4 is 30.2 Å². The van der Waals surface area contributed by atoms with Gasteiger partial charge in [0.2, 0.25) is 0 Å². The first-order valence-corrected chi connectivity index (χ1v) is 4.14. The van der Waals surface area contributed by atoms with Crippen molar-refractivity contribution in [1.82, 2.24) is 4.98 Å². The number of hydrogen-bond acceptors (Lipinski definition) is 6. The Bertz CT molecular complexity index is 406. The smallest absolute Gasteiger partial charge is 0.423 e. The quantitative estimate of drug-likeness (QED) is 0.297. The average Bonchev–Trinajstić information content (AvgIpc) is 2.22. The SMILES string of the molecule is N=CC(=CN)c1cc(B(O)O)cnc1N. The number of allylic oxidation sites excluding steroid dienone is 1. The fourth-order valence-corrected chi connectivity index (χ4v) is 1.08. The zero-order chi connectivity index (χ0) is 11.4. The minimum absolute atomic E-state index is 0.180. The van der Waals surface area contributed by atoms with Crippen molar-refractivity contribution in [1.29, 1.82) is 5.41 Å². The summed E-state index contributed by atoms with van der Waals surface area (Å²) in [7, 11) is -1.62. The number of pyridine rings is 1. The molecule has 0 aliphatic carbocycles. The molecule has 0 aliphatic rings. The summed E-state index contributed by atoms with van der Waals surface area (Å²) in [6, 6.07) is 1.43. The van der Waals surface area contributed by atoms with Crippen molar-refractivity contribution in [3.8, 4) is 0 Å². The average molecular weight is 206 g/mol. The Balaban J connectivity index is 3.27. The summed E-state index contributed by atoms with van der Waals surface area (Å²) in [6.07, 6.45) is 3.47. The predicted octanol–water partition coefficient (Wildman–Crippen LogP) is -1.71. The molecule has 0 spiro atoms. The van der Waals surface area contributed by atoms with Gasteiger partial charge < -0.3 is 26.9 Å². The lowest BCUT2D eigenvalue weighted by Gasteiger charge is -2.07. The third-order valence-electron chi connectivity index (χ3n) is 1.88. The van der Waals surface area contributed by atoms with Gasteiger partial charge in [0.1, 0.15) is 5.82 Å². The third kappa shape index (κ3) is 2.33. The van der Waals surface area contributed by atoms with Crippen LogP contribution in [0.4, 0.5) is 5.82 Å². The molecule has 15 heavy (non-hydrogen) atoms. The molecule has 6 nitrogen and oxygen atoms in total. The van der Waals surface area contributed by atoms with Crippen molar-refractivity contribution in [2.75, 3.05) is 5.73 Å². The third-order valence-corrected chi connectivity index (χ3v) is 1.88. The molecule has 0 bridgehead atoms. The van der Waals surface area contributed by atoms with Gasteiger partial charge in [0.25, 0.3) is 0 Å². The highest BCUT2D eigenvalue weighted by Gasteiger charge is 2.14. The monoisotopic (exact) mass is 206 g/mol. The number of nitrogens with one attached hydrogen (secondary N) is 1. The second-order valence-electron chi connectivity index (χ2n) is 2.84. The maximum absolute atomic E-state index is 8.93. The lowest BCUT2D eigenvalue weighted by Crippen LogP contribution is -2.30. The molecule has 0 saturated carbocycles. The van der Waals surface area contributed by atoms with E-state index in [1.165, 1.54) is 18.5 Å². The largest absolute Gasteiger partial charge is 0.490 e. The molecule has 0 unspecified atom stereocenters. The van der Waals surface area contributed by atoms with Gasteiger partial charge in [-0.15, -0.1) is 0 Å². The van der Waals surface area contributed by atoms with Crippen LogP contribution in [0.15, 0.2) is 18.5 Å². The summed E-state index contributed by atoms with van der Waals surface area (Å²) in [6.45, 7) is 0. The van der Waals surface area contributed by atoms with Crippen molar-refractivity contribution in [2.45, 2.75) is 0 Å². The Kier molecular flexibility index (Phi) is 3.43. The van der Waals surface area contributed by atoms with Crippen molar-refractivity contribution in [3.63, 3.8) is 0 Å². The van der Waals surface area contributed by atoms with Crippen molar-refractivity contribution in [2.24, 2.45) is 5.73 Å². The molecule has 1 rings (SSSR count). The van der Waals surface area contributed by atoms with Gasteiger partial charge in [-0.3, -0.25) is 0 Å². The van der Waals surface area contributed by atoms with E-state index < -0.39 is 7.12 Å². The first kappa shape index (κ1) is 11.2. The number of nitrogens with zero attached hydrogens (tertiary/aromatic N) is 1. The molecular formula is C8H11BN4O2. The summed E-state index contributed by atoms with van der Waals surface area (Å²) >= 11 is 0. The van der Waals surface area contributed by atoms with Crippen LogP contribution in [0.25, 0.3) is 5.57 Å². The standard InChI is InChI=1S/C8H11BN4O2/c10-2-5(3-11)7-1-6(9(14)15)4-13-8(7)12/h1-4,10,14-15H,11H2,(H2,12,13). The van der Waals surface area contributed by atoms with E-state index in [0.717, 1.165) is 6.21 Å². The van der Waals surface area contributed by atoms with E-state index in [2.05, 4.69) is 4.98 Å².